The van der Waals surface area contributed by atoms with Crippen LogP contribution in [0.4, 0.5) is 0 Å². The standard InChI is InChI=1S/C20H12N2O8/c21-9-11-1-5-13(6-2-11)19(27)29-15(17(23)24)16(18(25)26)30-20(28)14-7-3-12(10-22)4-8-14/h1-8,15-16H,(H,23,24)(H,25,26)/t15-,16-/m0/s1. The Hall–Kier alpha value is -4.70. The first-order valence-corrected chi connectivity index (χ1v) is 8.14. The second-order valence-electron chi connectivity index (χ2n) is 5.71. The summed E-state index contributed by atoms with van der Waals surface area (Å²) >= 11 is 0. The highest BCUT2D eigenvalue weighted by Gasteiger charge is 2.41. The fourth-order valence-corrected chi connectivity index (χ4v) is 2.21. The minimum absolute atomic E-state index is 0.136. The molecule has 0 radical (unpaired) electrons. The monoisotopic (exact) mass is 408 g/mol. The van der Waals surface area contributed by atoms with Crippen LogP contribution in [-0.2, 0) is 19.1 Å². The van der Waals surface area contributed by atoms with Gasteiger partial charge in [-0.2, -0.15) is 10.5 Å². The van der Waals surface area contributed by atoms with E-state index in [1.807, 2.05) is 12.1 Å². The zero-order valence-corrected chi connectivity index (χ0v) is 15.0. The summed E-state index contributed by atoms with van der Waals surface area (Å²) in [6.45, 7) is 0. The Kier molecular flexibility index (Phi) is 6.83. The van der Waals surface area contributed by atoms with Gasteiger partial charge in [0.05, 0.1) is 34.4 Å². The number of aliphatic carboxylic acids is 2. The van der Waals surface area contributed by atoms with E-state index in [9.17, 15) is 29.4 Å². The predicted molar refractivity (Wildman–Crippen MR) is 96.0 cm³/mol. The summed E-state index contributed by atoms with van der Waals surface area (Å²) in [7, 11) is 0. The van der Waals surface area contributed by atoms with Gasteiger partial charge in [-0.15, -0.1) is 0 Å². The van der Waals surface area contributed by atoms with Crippen LogP contribution >= 0.6 is 0 Å². The Morgan fingerprint density at radius 1 is 0.667 bits per heavy atom. The van der Waals surface area contributed by atoms with E-state index in [1.54, 1.807) is 0 Å². The second-order valence-corrected chi connectivity index (χ2v) is 5.71. The quantitative estimate of drug-likeness (QED) is 0.636. The van der Waals surface area contributed by atoms with Crippen molar-refractivity contribution >= 4 is 23.9 Å². The molecule has 2 atom stereocenters. The van der Waals surface area contributed by atoms with Crippen molar-refractivity contribution in [2.75, 3.05) is 0 Å². The smallest absolute Gasteiger partial charge is 0.349 e. The van der Waals surface area contributed by atoms with Crippen molar-refractivity contribution in [3.63, 3.8) is 0 Å². The molecule has 0 fully saturated rings. The molecule has 150 valence electrons. The summed E-state index contributed by atoms with van der Waals surface area (Å²) in [6, 6.07) is 13.6. The van der Waals surface area contributed by atoms with Crippen molar-refractivity contribution in [1.82, 2.24) is 0 Å². The third-order valence-electron chi connectivity index (χ3n) is 3.73. The van der Waals surface area contributed by atoms with Gasteiger partial charge in [0, 0.05) is 0 Å². The molecule has 2 N–H and O–H groups in total. The van der Waals surface area contributed by atoms with Gasteiger partial charge in [-0.05, 0) is 48.5 Å². The summed E-state index contributed by atoms with van der Waals surface area (Å²) in [5.41, 5.74) is 0.202. The van der Waals surface area contributed by atoms with Gasteiger partial charge in [-0.1, -0.05) is 0 Å². The van der Waals surface area contributed by atoms with Gasteiger partial charge in [-0.25, -0.2) is 19.2 Å². The van der Waals surface area contributed by atoms with Gasteiger partial charge in [0.15, 0.2) is 0 Å². The molecule has 10 nitrogen and oxygen atoms in total. The second kappa shape index (κ2) is 9.48. The Morgan fingerprint density at radius 3 is 1.20 bits per heavy atom. The molecular formula is C20H12N2O8. The Labute approximate surface area is 169 Å². The van der Waals surface area contributed by atoms with E-state index in [0.717, 1.165) is 0 Å². The van der Waals surface area contributed by atoms with E-state index in [2.05, 4.69) is 0 Å². The largest absolute Gasteiger partial charge is 0.478 e. The summed E-state index contributed by atoms with van der Waals surface area (Å²) in [4.78, 5) is 47.4. The molecule has 30 heavy (non-hydrogen) atoms. The number of nitriles is 2. The molecule has 0 saturated heterocycles. The van der Waals surface area contributed by atoms with Crippen molar-refractivity contribution in [1.29, 1.82) is 10.5 Å². The number of ether oxygens (including phenoxy) is 2. The van der Waals surface area contributed by atoms with Gasteiger partial charge in [-0.3, -0.25) is 0 Å². The SMILES string of the molecule is N#Cc1ccc(C(=O)O[C@H](C(=O)O)[C@H](OC(=O)c2ccc(C#N)cc2)C(=O)O)cc1. The number of carbonyl (C=O) groups is 4. The maximum absolute atomic E-state index is 12.2. The molecule has 0 saturated carbocycles. The van der Waals surface area contributed by atoms with Crippen LogP contribution in [0.3, 0.4) is 0 Å². The third kappa shape index (κ3) is 5.18. The molecular weight excluding hydrogens is 396 g/mol. The molecule has 0 spiro atoms. The lowest BCUT2D eigenvalue weighted by Gasteiger charge is -2.21. The van der Waals surface area contributed by atoms with Gasteiger partial charge in [0.1, 0.15) is 0 Å². The summed E-state index contributed by atoms with van der Waals surface area (Å²) in [5.74, 6) is -6.07. The molecule has 0 bridgehead atoms. The molecule has 2 rings (SSSR count). The number of nitrogens with zero attached hydrogens (tertiary/aromatic N) is 2. The molecule has 0 aromatic heterocycles. The number of benzene rings is 2. The van der Waals surface area contributed by atoms with Gasteiger partial charge >= 0.3 is 23.9 Å². The van der Waals surface area contributed by atoms with E-state index < -0.39 is 36.1 Å². The fraction of sp³-hybridized carbons (Fsp3) is 0.100. The molecule has 0 aliphatic heterocycles. The number of rotatable bonds is 7. The molecule has 0 unspecified atom stereocenters. The topological polar surface area (TPSA) is 175 Å². The van der Waals surface area contributed by atoms with E-state index in [1.165, 1.54) is 48.5 Å². The highest BCUT2D eigenvalue weighted by Crippen LogP contribution is 2.14. The van der Waals surface area contributed by atoms with Crippen molar-refractivity contribution in [3.05, 3.63) is 70.8 Å². The molecule has 2 aromatic rings. The van der Waals surface area contributed by atoms with E-state index in [-0.39, 0.29) is 22.3 Å². The molecule has 0 aliphatic rings. The van der Waals surface area contributed by atoms with E-state index in [4.69, 9.17) is 20.0 Å². The van der Waals surface area contributed by atoms with E-state index in [0.29, 0.717) is 0 Å². The molecule has 0 amide bonds. The normalized spacial score (nSPS) is 11.8. The number of esters is 2. The van der Waals surface area contributed by atoms with Crippen molar-refractivity contribution in [2.45, 2.75) is 12.2 Å². The fourth-order valence-electron chi connectivity index (χ4n) is 2.21. The Bertz CT molecular complexity index is 974. The van der Waals surface area contributed by atoms with Gasteiger partial charge in [0.2, 0.25) is 12.2 Å². The number of carboxylic acids is 2. The highest BCUT2D eigenvalue weighted by molar-refractivity contribution is 5.95. The minimum atomic E-state index is -2.34. The van der Waals surface area contributed by atoms with Crippen molar-refractivity contribution in [3.8, 4) is 12.1 Å². The van der Waals surface area contributed by atoms with E-state index >= 15 is 0 Å². The van der Waals surface area contributed by atoms with Gasteiger partial charge < -0.3 is 19.7 Å². The van der Waals surface area contributed by atoms with Crippen LogP contribution in [0.25, 0.3) is 0 Å². The van der Waals surface area contributed by atoms with Crippen LogP contribution in [0.2, 0.25) is 0 Å². The first kappa shape index (κ1) is 21.6. The maximum Gasteiger partial charge on any atom is 0.349 e. The lowest BCUT2D eigenvalue weighted by Crippen LogP contribution is -2.45. The first-order chi connectivity index (χ1) is 14.3. The van der Waals surface area contributed by atoms with Crippen molar-refractivity contribution in [2.24, 2.45) is 0 Å². The lowest BCUT2D eigenvalue weighted by molar-refractivity contribution is -0.166. The lowest BCUT2D eigenvalue weighted by atomic mass is 10.1. The highest BCUT2D eigenvalue weighted by atomic mass is 16.6. The number of carbonyl (C=O) groups excluding carboxylic acids is 2. The maximum atomic E-state index is 12.2. The number of hydrogen-bond donors (Lipinski definition) is 2. The summed E-state index contributed by atoms with van der Waals surface area (Å²) in [6.07, 6.45) is -4.68. The van der Waals surface area contributed by atoms with Crippen LogP contribution in [0.1, 0.15) is 31.8 Å². The zero-order chi connectivity index (χ0) is 22.3. The van der Waals surface area contributed by atoms with Crippen LogP contribution in [0.5, 0.6) is 0 Å². The molecule has 10 heteroatoms. The average Bonchev–Trinajstić information content (AvgIpc) is 2.75. The molecule has 0 heterocycles. The molecule has 2 aromatic carbocycles. The van der Waals surface area contributed by atoms with Crippen LogP contribution in [0.15, 0.2) is 48.5 Å². The summed E-state index contributed by atoms with van der Waals surface area (Å²) < 4.78 is 9.49. The average molecular weight is 408 g/mol. The Morgan fingerprint density at radius 2 is 0.967 bits per heavy atom. The summed E-state index contributed by atoms with van der Waals surface area (Å²) in [5, 5.41) is 36.1. The number of hydrogen-bond acceptors (Lipinski definition) is 8. The first-order valence-electron chi connectivity index (χ1n) is 8.14. The van der Waals surface area contributed by atoms with Crippen LogP contribution in [-0.4, -0.2) is 46.3 Å². The van der Waals surface area contributed by atoms with Crippen molar-refractivity contribution < 1.29 is 38.9 Å². The van der Waals surface area contributed by atoms with Crippen LogP contribution < -0.4 is 0 Å². The predicted octanol–water partition coefficient (Wildman–Crippen LogP) is 1.35. The van der Waals surface area contributed by atoms with Gasteiger partial charge in [0.25, 0.3) is 0 Å². The third-order valence-corrected chi connectivity index (χ3v) is 3.73. The van der Waals surface area contributed by atoms with Crippen LogP contribution in [0, 0.1) is 22.7 Å². The Balaban J connectivity index is 2.22. The molecule has 0 aliphatic carbocycles. The minimum Gasteiger partial charge on any atom is -0.478 e. The zero-order valence-electron chi connectivity index (χ0n) is 15.0. The number of carboxylic acid groups (broad SMARTS) is 2.